The van der Waals surface area contributed by atoms with E-state index in [1.54, 1.807) is 0 Å². The lowest BCUT2D eigenvalue weighted by molar-refractivity contribution is 0.653. The predicted molar refractivity (Wildman–Crippen MR) is 258 cm³/mol. The summed E-state index contributed by atoms with van der Waals surface area (Å²) >= 11 is 0. The average molecular weight is 792 g/mol. The highest BCUT2D eigenvalue weighted by Crippen LogP contribution is 2.59. The van der Waals surface area contributed by atoms with Gasteiger partial charge in [-0.15, -0.1) is 0 Å². The van der Waals surface area contributed by atoms with E-state index in [4.69, 9.17) is 4.42 Å². The smallest absolute Gasteiger partial charge is 0.143 e. The van der Waals surface area contributed by atoms with Gasteiger partial charge < -0.3 is 9.32 Å². The molecule has 62 heavy (non-hydrogen) atoms. The first-order chi connectivity index (χ1) is 30.5. The minimum atomic E-state index is -0.532. The van der Waals surface area contributed by atoms with E-state index in [0.29, 0.717) is 0 Å². The first-order valence-electron chi connectivity index (χ1n) is 21.7. The summed E-state index contributed by atoms with van der Waals surface area (Å²) in [6, 6.07) is 78.7. The van der Waals surface area contributed by atoms with Gasteiger partial charge in [0.2, 0.25) is 0 Å². The van der Waals surface area contributed by atoms with E-state index < -0.39 is 5.41 Å². The molecular formula is C60H41NO. The summed E-state index contributed by atoms with van der Waals surface area (Å²) in [6.45, 7) is 4.71. The van der Waals surface area contributed by atoms with E-state index in [0.717, 1.165) is 39.0 Å². The second-order valence-corrected chi connectivity index (χ2v) is 17.6. The Morgan fingerprint density at radius 3 is 1.77 bits per heavy atom. The van der Waals surface area contributed by atoms with Crippen LogP contribution in [0.15, 0.2) is 217 Å². The summed E-state index contributed by atoms with van der Waals surface area (Å²) in [6.07, 6.45) is 0. The fourth-order valence-corrected chi connectivity index (χ4v) is 11.4. The van der Waals surface area contributed by atoms with E-state index in [1.165, 1.54) is 77.2 Å². The molecule has 0 N–H and O–H groups in total. The molecule has 0 amide bonds. The molecule has 2 aliphatic carbocycles. The van der Waals surface area contributed by atoms with Crippen LogP contribution in [-0.2, 0) is 10.8 Å². The van der Waals surface area contributed by atoms with Gasteiger partial charge in [-0.3, -0.25) is 0 Å². The van der Waals surface area contributed by atoms with Crippen LogP contribution in [0.2, 0.25) is 0 Å². The maximum atomic E-state index is 6.80. The quantitative estimate of drug-likeness (QED) is 0.161. The van der Waals surface area contributed by atoms with Crippen molar-refractivity contribution >= 4 is 60.5 Å². The summed E-state index contributed by atoms with van der Waals surface area (Å²) in [7, 11) is 0. The van der Waals surface area contributed by atoms with Crippen LogP contribution in [0, 0.1) is 0 Å². The number of hydrogen-bond donors (Lipinski definition) is 0. The lowest BCUT2D eigenvalue weighted by Crippen LogP contribution is -2.28. The van der Waals surface area contributed by atoms with Gasteiger partial charge in [0.1, 0.15) is 11.2 Å². The summed E-state index contributed by atoms with van der Waals surface area (Å²) in [5.41, 5.74) is 17.1. The molecule has 1 aromatic heterocycles. The molecule has 11 aromatic rings. The molecule has 0 bridgehead atoms. The van der Waals surface area contributed by atoms with Gasteiger partial charge in [-0.1, -0.05) is 190 Å². The van der Waals surface area contributed by atoms with Crippen LogP contribution in [0.4, 0.5) is 17.1 Å². The number of nitrogens with zero attached hydrogens (tertiary/aromatic N) is 1. The lowest BCUT2D eigenvalue weighted by Gasteiger charge is -2.35. The van der Waals surface area contributed by atoms with E-state index >= 15 is 0 Å². The molecule has 2 aliphatic rings. The van der Waals surface area contributed by atoms with Crippen molar-refractivity contribution in [2.24, 2.45) is 0 Å². The highest BCUT2D eigenvalue weighted by molar-refractivity contribution is 6.15. The molecule has 0 unspecified atom stereocenters. The number of hydrogen-bond acceptors (Lipinski definition) is 2. The van der Waals surface area contributed by atoms with E-state index in [9.17, 15) is 0 Å². The monoisotopic (exact) mass is 791 g/mol. The van der Waals surface area contributed by atoms with E-state index in [2.05, 4.69) is 231 Å². The van der Waals surface area contributed by atoms with Crippen molar-refractivity contribution in [2.75, 3.05) is 4.90 Å². The largest absolute Gasteiger partial charge is 0.455 e. The Morgan fingerprint density at radius 2 is 0.984 bits per heavy atom. The first-order valence-corrected chi connectivity index (χ1v) is 21.7. The van der Waals surface area contributed by atoms with Gasteiger partial charge in [-0.25, -0.2) is 0 Å². The highest BCUT2D eigenvalue weighted by Gasteiger charge is 2.46. The standard InChI is InChI=1S/C60H41NO/c1-59(2)51-33-30-41(36-50(51)57-53(59)34-32-49-48-26-14-16-28-56(48)62-58(49)57)61(55-35-38-17-9-10-22-43(38)44-23-11-12-25-47(44)55)42-29-31-46-45-24-13-15-27-52(45)60(54(46)37-42,39-18-5-3-6-19-39)40-20-7-4-8-21-40/h3-37H,1-2H3. The molecule has 13 rings (SSSR count). The third kappa shape index (κ3) is 4.69. The molecule has 2 heteroatoms. The molecule has 292 valence electrons. The number of rotatable bonds is 5. The molecule has 0 saturated carbocycles. The van der Waals surface area contributed by atoms with Gasteiger partial charge in [-0.2, -0.15) is 0 Å². The van der Waals surface area contributed by atoms with Crippen LogP contribution in [0.1, 0.15) is 47.2 Å². The fourth-order valence-electron chi connectivity index (χ4n) is 11.4. The molecule has 2 nitrogen and oxygen atoms in total. The van der Waals surface area contributed by atoms with Gasteiger partial charge in [0.15, 0.2) is 0 Å². The molecule has 1 heterocycles. The molecular weight excluding hydrogens is 751 g/mol. The third-order valence-electron chi connectivity index (χ3n) is 14.1. The van der Waals surface area contributed by atoms with Crippen molar-refractivity contribution in [1.29, 1.82) is 0 Å². The van der Waals surface area contributed by atoms with Crippen LogP contribution < -0.4 is 4.90 Å². The van der Waals surface area contributed by atoms with Gasteiger partial charge in [-0.05, 0) is 103 Å². The highest BCUT2D eigenvalue weighted by atomic mass is 16.3. The molecule has 0 fully saturated rings. The van der Waals surface area contributed by atoms with Crippen molar-refractivity contribution < 1.29 is 4.42 Å². The van der Waals surface area contributed by atoms with Crippen LogP contribution in [0.5, 0.6) is 0 Å². The van der Waals surface area contributed by atoms with Crippen molar-refractivity contribution in [3.8, 4) is 22.3 Å². The van der Waals surface area contributed by atoms with Gasteiger partial charge in [0, 0.05) is 38.5 Å². The Labute approximate surface area is 361 Å². The van der Waals surface area contributed by atoms with Crippen LogP contribution in [-0.4, -0.2) is 0 Å². The Kier molecular flexibility index (Phi) is 7.31. The van der Waals surface area contributed by atoms with Crippen molar-refractivity contribution in [3.63, 3.8) is 0 Å². The Balaban J connectivity index is 1.12. The van der Waals surface area contributed by atoms with Crippen molar-refractivity contribution in [1.82, 2.24) is 0 Å². The molecule has 0 atom stereocenters. The number of furan rings is 1. The van der Waals surface area contributed by atoms with Gasteiger partial charge in [0.05, 0.1) is 11.1 Å². The molecule has 0 spiro atoms. The maximum Gasteiger partial charge on any atom is 0.143 e. The predicted octanol–water partition coefficient (Wildman–Crippen LogP) is 16.0. The number of fused-ring (bicyclic) bond motifs is 13. The molecule has 0 radical (unpaired) electrons. The van der Waals surface area contributed by atoms with Crippen molar-refractivity contribution in [3.05, 3.63) is 246 Å². The molecule has 0 saturated heterocycles. The zero-order valence-corrected chi connectivity index (χ0v) is 34.6. The maximum absolute atomic E-state index is 6.80. The summed E-state index contributed by atoms with van der Waals surface area (Å²) < 4.78 is 6.80. The molecule has 0 aliphatic heterocycles. The third-order valence-corrected chi connectivity index (χ3v) is 14.1. The summed E-state index contributed by atoms with van der Waals surface area (Å²) in [5, 5.41) is 7.20. The molecule has 10 aromatic carbocycles. The number of para-hydroxylation sites is 1. The minimum Gasteiger partial charge on any atom is -0.455 e. The van der Waals surface area contributed by atoms with Crippen LogP contribution in [0.25, 0.3) is 65.7 Å². The van der Waals surface area contributed by atoms with Crippen LogP contribution >= 0.6 is 0 Å². The SMILES string of the molecule is CC1(C)c2ccc(N(c3ccc4c(c3)C(c3ccccc3)(c3ccccc3)c3ccccc3-4)c3cc4ccccc4c4ccccc34)cc2-c2c1ccc1c2oc2ccccc21. The van der Waals surface area contributed by atoms with Crippen LogP contribution in [0.3, 0.4) is 0 Å². The number of benzene rings is 10. The normalized spacial score (nSPS) is 14.2. The minimum absolute atomic E-state index is 0.207. The van der Waals surface area contributed by atoms with E-state index in [1.807, 2.05) is 0 Å². The fraction of sp³-hybridized carbons (Fsp3) is 0.0667. The van der Waals surface area contributed by atoms with Gasteiger partial charge in [0.25, 0.3) is 0 Å². The lowest BCUT2D eigenvalue weighted by atomic mass is 9.67. The second kappa shape index (κ2) is 12.9. The van der Waals surface area contributed by atoms with Crippen molar-refractivity contribution in [2.45, 2.75) is 24.7 Å². The summed E-state index contributed by atoms with van der Waals surface area (Å²) in [4.78, 5) is 2.52. The zero-order valence-electron chi connectivity index (χ0n) is 34.6. The topological polar surface area (TPSA) is 16.4 Å². The first kappa shape index (κ1) is 35.1. The van der Waals surface area contributed by atoms with E-state index in [-0.39, 0.29) is 5.41 Å². The Bertz CT molecular complexity index is 3570. The second-order valence-electron chi connectivity index (χ2n) is 17.6. The average Bonchev–Trinajstić information content (AvgIpc) is 3.93. The Hall–Kier alpha value is -7.68. The Morgan fingerprint density at radius 1 is 0.387 bits per heavy atom. The van der Waals surface area contributed by atoms with Gasteiger partial charge >= 0.3 is 0 Å². The zero-order chi connectivity index (χ0) is 41.2. The number of anilines is 3. The summed E-state index contributed by atoms with van der Waals surface area (Å²) in [5.74, 6) is 0.